The van der Waals surface area contributed by atoms with Gasteiger partial charge in [-0.15, -0.1) is 0 Å². The first-order chi connectivity index (χ1) is 6.66. The van der Waals surface area contributed by atoms with E-state index in [-0.39, 0.29) is 12.6 Å². The molecule has 1 aliphatic heterocycles. The van der Waals surface area contributed by atoms with Gasteiger partial charge in [0.2, 0.25) is 0 Å². The number of ether oxygens (including phenoxy) is 1. The first-order valence-corrected chi connectivity index (χ1v) is 4.08. The van der Waals surface area contributed by atoms with Crippen molar-refractivity contribution in [2.24, 2.45) is 0 Å². The number of hydrogen-bond acceptors (Lipinski definition) is 3. The number of cyclic esters (lactones) is 1. The van der Waals surface area contributed by atoms with Crippen molar-refractivity contribution in [1.82, 2.24) is 5.32 Å². The van der Waals surface area contributed by atoms with E-state index in [1.165, 1.54) is 18.2 Å². The largest absolute Gasteiger partial charge is 0.505 e. The monoisotopic (exact) mass is 197 g/mol. The zero-order valence-corrected chi connectivity index (χ0v) is 7.16. The fraction of sp³-hybridized carbons (Fsp3) is 0.222. The molecule has 74 valence electrons. The van der Waals surface area contributed by atoms with Gasteiger partial charge in [0.15, 0.2) is 11.6 Å². The summed E-state index contributed by atoms with van der Waals surface area (Å²) in [6.07, 6.45) is -0.511. The van der Waals surface area contributed by atoms with Crippen LogP contribution in [0.5, 0.6) is 5.75 Å². The van der Waals surface area contributed by atoms with Crippen molar-refractivity contribution in [3.63, 3.8) is 0 Å². The van der Waals surface area contributed by atoms with E-state index < -0.39 is 17.7 Å². The van der Waals surface area contributed by atoms with E-state index in [1.807, 2.05) is 0 Å². The standard InChI is InChI=1S/C9H8FNO3/c10-6-3-5(1-2-8(6)12)7-4-14-9(13)11-7/h1-3,7,12H,4H2,(H,11,13)/t7-/m0/s1. The summed E-state index contributed by atoms with van der Waals surface area (Å²) in [6.45, 7) is 0.184. The Hall–Kier alpha value is -1.78. The van der Waals surface area contributed by atoms with E-state index in [4.69, 9.17) is 5.11 Å². The van der Waals surface area contributed by atoms with Gasteiger partial charge in [-0.3, -0.25) is 0 Å². The van der Waals surface area contributed by atoms with Crippen LogP contribution in [0.15, 0.2) is 18.2 Å². The number of phenolic OH excluding ortho intramolecular Hbond substituents is 1. The molecule has 4 nitrogen and oxygen atoms in total. The Kier molecular flexibility index (Phi) is 1.99. The molecule has 0 unspecified atom stereocenters. The van der Waals surface area contributed by atoms with E-state index in [2.05, 4.69) is 10.1 Å². The van der Waals surface area contributed by atoms with E-state index >= 15 is 0 Å². The molecule has 1 aliphatic rings. The average Bonchev–Trinajstić information content (AvgIpc) is 2.57. The third kappa shape index (κ3) is 1.48. The van der Waals surface area contributed by atoms with Crippen LogP contribution in [-0.4, -0.2) is 17.8 Å². The van der Waals surface area contributed by atoms with Crippen LogP contribution in [0, 0.1) is 5.82 Å². The second-order valence-electron chi connectivity index (χ2n) is 3.01. The molecule has 1 aromatic rings. The van der Waals surface area contributed by atoms with E-state index in [0.717, 1.165) is 0 Å². The molecule has 1 fully saturated rings. The van der Waals surface area contributed by atoms with Gasteiger partial charge in [-0.2, -0.15) is 0 Å². The highest BCUT2D eigenvalue weighted by atomic mass is 19.1. The van der Waals surface area contributed by atoms with Gasteiger partial charge in [0, 0.05) is 0 Å². The molecule has 0 bridgehead atoms. The highest BCUT2D eigenvalue weighted by molar-refractivity contribution is 5.70. The Morgan fingerprint density at radius 3 is 2.93 bits per heavy atom. The normalized spacial score (nSPS) is 20.4. The Labute approximate surface area is 79.3 Å². The summed E-state index contributed by atoms with van der Waals surface area (Å²) >= 11 is 0. The minimum Gasteiger partial charge on any atom is -0.505 e. The summed E-state index contributed by atoms with van der Waals surface area (Å²) in [5.41, 5.74) is 0.575. The first kappa shape index (κ1) is 8.80. The second kappa shape index (κ2) is 3.17. The third-order valence-corrected chi connectivity index (χ3v) is 2.05. The summed E-state index contributed by atoms with van der Waals surface area (Å²) < 4.78 is 17.6. The minimum atomic E-state index is -0.705. The topological polar surface area (TPSA) is 58.6 Å². The number of phenols is 1. The maximum atomic E-state index is 12.9. The number of alkyl carbamates (subject to hydrolysis) is 1. The summed E-state index contributed by atoms with van der Waals surface area (Å²) in [5, 5.41) is 11.5. The molecule has 0 spiro atoms. The molecule has 1 saturated heterocycles. The van der Waals surface area contributed by atoms with Crippen LogP contribution in [0.1, 0.15) is 11.6 Å². The molecule has 0 aliphatic carbocycles. The van der Waals surface area contributed by atoms with Crippen LogP contribution in [0.4, 0.5) is 9.18 Å². The van der Waals surface area contributed by atoms with Crippen LogP contribution in [0.2, 0.25) is 0 Å². The van der Waals surface area contributed by atoms with Gasteiger partial charge in [-0.05, 0) is 17.7 Å². The minimum absolute atomic E-state index is 0.184. The van der Waals surface area contributed by atoms with Gasteiger partial charge >= 0.3 is 6.09 Å². The quantitative estimate of drug-likeness (QED) is 0.713. The number of halogens is 1. The highest BCUT2D eigenvalue weighted by Gasteiger charge is 2.24. The Morgan fingerprint density at radius 2 is 2.36 bits per heavy atom. The van der Waals surface area contributed by atoms with Crippen LogP contribution in [-0.2, 0) is 4.74 Å². The Balaban J connectivity index is 2.24. The summed E-state index contributed by atoms with van der Waals surface area (Å²) in [5.74, 6) is -1.11. The predicted molar refractivity (Wildman–Crippen MR) is 45.3 cm³/mol. The number of aromatic hydroxyl groups is 1. The lowest BCUT2D eigenvalue weighted by atomic mass is 10.1. The van der Waals surface area contributed by atoms with Gasteiger partial charge in [-0.1, -0.05) is 6.07 Å². The fourth-order valence-corrected chi connectivity index (χ4v) is 1.30. The van der Waals surface area contributed by atoms with Crippen LogP contribution >= 0.6 is 0 Å². The zero-order chi connectivity index (χ0) is 10.1. The van der Waals surface area contributed by atoms with Crippen molar-refractivity contribution in [2.45, 2.75) is 6.04 Å². The van der Waals surface area contributed by atoms with Crippen LogP contribution < -0.4 is 5.32 Å². The maximum absolute atomic E-state index is 12.9. The van der Waals surface area contributed by atoms with Crippen LogP contribution in [0.3, 0.4) is 0 Å². The van der Waals surface area contributed by atoms with Crippen molar-refractivity contribution < 1.29 is 19.0 Å². The van der Waals surface area contributed by atoms with Crippen molar-refractivity contribution >= 4 is 6.09 Å². The van der Waals surface area contributed by atoms with Crippen molar-refractivity contribution in [3.05, 3.63) is 29.6 Å². The molecule has 1 amide bonds. The van der Waals surface area contributed by atoms with Gasteiger partial charge < -0.3 is 15.2 Å². The SMILES string of the molecule is O=C1N[C@H](c2ccc(O)c(F)c2)CO1. The molecule has 1 heterocycles. The third-order valence-electron chi connectivity index (χ3n) is 2.05. The molecule has 1 atom stereocenters. The molecular weight excluding hydrogens is 189 g/mol. The van der Waals surface area contributed by atoms with Crippen molar-refractivity contribution in [2.75, 3.05) is 6.61 Å². The number of amides is 1. The number of rotatable bonds is 1. The Morgan fingerprint density at radius 1 is 1.57 bits per heavy atom. The molecule has 0 aromatic heterocycles. The fourth-order valence-electron chi connectivity index (χ4n) is 1.30. The number of carbonyl (C=O) groups is 1. The van der Waals surface area contributed by atoms with Gasteiger partial charge in [0.25, 0.3) is 0 Å². The molecule has 0 saturated carbocycles. The predicted octanol–water partition coefficient (Wildman–Crippen LogP) is 1.31. The smallest absolute Gasteiger partial charge is 0.407 e. The molecule has 2 rings (SSSR count). The van der Waals surface area contributed by atoms with Gasteiger partial charge in [-0.25, -0.2) is 9.18 Å². The van der Waals surface area contributed by atoms with Crippen molar-refractivity contribution in [3.8, 4) is 5.75 Å². The van der Waals surface area contributed by atoms with Crippen LogP contribution in [0.25, 0.3) is 0 Å². The summed E-state index contributed by atoms with van der Waals surface area (Å²) in [6, 6.07) is 3.62. The van der Waals surface area contributed by atoms with Gasteiger partial charge in [0.05, 0.1) is 6.04 Å². The molecule has 1 aromatic carbocycles. The lowest BCUT2D eigenvalue weighted by molar-refractivity contribution is 0.177. The van der Waals surface area contributed by atoms with E-state index in [1.54, 1.807) is 0 Å². The lowest BCUT2D eigenvalue weighted by Gasteiger charge is -2.07. The number of benzene rings is 1. The number of hydrogen-bond donors (Lipinski definition) is 2. The van der Waals surface area contributed by atoms with E-state index in [0.29, 0.717) is 5.56 Å². The van der Waals surface area contributed by atoms with Gasteiger partial charge in [0.1, 0.15) is 6.61 Å². The average molecular weight is 197 g/mol. The molecule has 14 heavy (non-hydrogen) atoms. The second-order valence-corrected chi connectivity index (χ2v) is 3.01. The lowest BCUT2D eigenvalue weighted by Crippen LogP contribution is -2.18. The van der Waals surface area contributed by atoms with E-state index in [9.17, 15) is 9.18 Å². The summed E-state index contributed by atoms with van der Waals surface area (Å²) in [4.78, 5) is 10.7. The molecule has 0 radical (unpaired) electrons. The highest BCUT2D eigenvalue weighted by Crippen LogP contribution is 2.23. The first-order valence-electron chi connectivity index (χ1n) is 4.08. The number of nitrogens with one attached hydrogen (secondary N) is 1. The maximum Gasteiger partial charge on any atom is 0.407 e. The molecular formula is C9H8FNO3. The van der Waals surface area contributed by atoms with Crippen molar-refractivity contribution in [1.29, 1.82) is 0 Å². The molecule has 2 N–H and O–H groups in total. The Bertz CT molecular complexity index is 380. The summed E-state index contributed by atoms with van der Waals surface area (Å²) in [7, 11) is 0. The zero-order valence-electron chi connectivity index (χ0n) is 7.16. The molecule has 5 heteroatoms. The number of carbonyl (C=O) groups excluding carboxylic acids is 1.